The Bertz CT molecular complexity index is 994. The Morgan fingerprint density at radius 2 is 1.53 bits per heavy atom. The molecular weight excluding hydrogens is 454 g/mol. The summed E-state index contributed by atoms with van der Waals surface area (Å²) in [5.41, 5.74) is 3.37. The van der Waals surface area contributed by atoms with Gasteiger partial charge in [0.15, 0.2) is 0 Å². The van der Waals surface area contributed by atoms with Gasteiger partial charge in [0.25, 0.3) is 5.91 Å². The number of nitrogens with zero attached hydrogens (tertiary/aromatic N) is 4. The van der Waals surface area contributed by atoms with E-state index in [0.29, 0.717) is 39.3 Å². The van der Waals surface area contributed by atoms with E-state index in [2.05, 4.69) is 62.5 Å². The van der Waals surface area contributed by atoms with E-state index in [-0.39, 0.29) is 17.9 Å². The molecule has 3 aliphatic rings. The van der Waals surface area contributed by atoms with Crippen LogP contribution in [0.1, 0.15) is 18.4 Å². The number of carbonyl (C=O) groups is 2. The average Bonchev–Trinajstić information content (AvgIpc) is 3.45. The third kappa shape index (κ3) is 6.43. The van der Waals surface area contributed by atoms with Crippen molar-refractivity contribution in [1.82, 2.24) is 14.7 Å². The highest BCUT2D eigenvalue weighted by atomic mass is 16.5. The second kappa shape index (κ2) is 11.9. The zero-order valence-electron chi connectivity index (χ0n) is 21.0. The smallest absolute Gasteiger partial charge is 0.251 e. The van der Waals surface area contributed by atoms with E-state index in [9.17, 15) is 9.59 Å². The maximum absolute atomic E-state index is 12.6. The number of piperazine rings is 2. The Balaban J connectivity index is 1.03. The van der Waals surface area contributed by atoms with Crippen LogP contribution in [0.25, 0.3) is 0 Å². The van der Waals surface area contributed by atoms with Crippen LogP contribution in [-0.2, 0) is 20.9 Å². The normalized spacial score (nSPS) is 21.5. The molecule has 36 heavy (non-hydrogen) atoms. The lowest BCUT2D eigenvalue weighted by Gasteiger charge is -2.36. The molecule has 1 atom stereocenters. The first-order valence-corrected chi connectivity index (χ1v) is 13.2. The Morgan fingerprint density at radius 1 is 0.833 bits per heavy atom. The predicted molar refractivity (Wildman–Crippen MR) is 141 cm³/mol. The van der Waals surface area contributed by atoms with Crippen molar-refractivity contribution in [2.24, 2.45) is 0 Å². The first-order chi connectivity index (χ1) is 17.6. The summed E-state index contributed by atoms with van der Waals surface area (Å²) in [6, 6.07) is 18.8. The Hall–Kier alpha value is -2.94. The van der Waals surface area contributed by atoms with Crippen LogP contribution in [0.4, 0.5) is 11.4 Å². The van der Waals surface area contributed by atoms with Crippen LogP contribution in [0.3, 0.4) is 0 Å². The van der Waals surface area contributed by atoms with Crippen LogP contribution in [0.2, 0.25) is 0 Å². The van der Waals surface area contributed by atoms with E-state index in [1.165, 1.54) is 11.3 Å². The standard InChI is InChI=1S/C28H37N5O3/c34-27(22-31-14-18-33(19-15-31)28(35)26-7-4-20-36-26)29-24-8-10-25(11-9-24)32-16-12-30(13-17-32)21-23-5-2-1-3-6-23/h1-3,5-6,8-11,26H,4,7,12-22H2,(H,29,34). The van der Waals surface area contributed by atoms with Gasteiger partial charge in [0.05, 0.1) is 6.54 Å². The molecule has 8 heteroatoms. The summed E-state index contributed by atoms with van der Waals surface area (Å²) in [4.78, 5) is 34.0. The number of hydrogen-bond donors (Lipinski definition) is 1. The molecule has 0 radical (unpaired) electrons. The van der Waals surface area contributed by atoms with Crippen LogP contribution < -0.4 is 10.2 Å². The fraction of sp³-hybridized carbons (Fsp3) is 0.500. The largest absolute Gasteiger partial charge is 0.369 e. The van der Waals surface area contributed by atoms with Crippen LogP contribution in [-0.4, -0.2) is 98.1 Å². The number of amides is 2. The summed E-state index contributed by atoms with van der Waals surface area (Å²) in [6.45, 7) is 8.83. The van der Waals surface area contributed by atoms with E-state index in [4.69, 9.17) is 4.74 Å². The van der Waals surface area contributed by atoms with Gasteiger partial charge in [-0.15, -0.1) is 0 Å². The van der Waals surface area contributed by atoms with E-state index in [0.717, 1.165) is 51.3 Å². The van der Waals surface area contributed by atoms with Gasteiger partial charge in [-0.05, 0) is 42.7 Å². The number of nitrogens with one attached hydrogen (secondary N) is 1. The number of hydrogen-bond acceptors (Lipinski definition) is 6. The lowest BCUT2D eigenvalue weighted by molar-refractivity contribution is -0.142. The molecule has 0 spiro atoms. The fourth-order valence-corrected chi connectivity index (χ4v) is 5.27. The summed E-state index contributed by atoms with van der Waals surface area (Å²) < 4.78 is 5.53. The van der Waals surface area contributed by atoms with Crippen molar-refractivity contribution in [3.8, 4) is 0 Å². The van der Waals surface area contributed by atoms with Crippen molar-refractivity contribution in [1.29, 1.82) is 0 Å². The second-order valence-corrected chi connectivity index (χ2v) is 9.95. The van der Waals surface area contributed by atoms with Crippen LogP contribution in [0.5, 0.6) is 0 Å². The molecule has 1 N–H and O–H groups in total. The van der Waals surface area contributed by atoms with Gasteiger partial charge < -0.3 is 19.9 Å². The first-order valence-electron chi connectivity index (χ1n) is 13.2. The third-order valence-electron chi connectivity index (χ3n) is 7.39. The molecule has 0 bridgehead atoms. The highest BCUT2D eigenvalue weighted by Crippen LogP contribution is 2.21. The van der Waals surface area contributed by atoms with Gasteiger partial charge in [-0.25, -0.2) is 0 Å². The van der Waals surface area contributed by atoms with Gasteiger partial charge in [-0.1, -0.05) is 30.3 Å². The molecule has 0 aromatic heterocycles. The molecule has 2 aromatic carbocycles. The maximum Gasteiger partial charge on any atom is 0.251 e. The zero-order valence-corrected chi connectivity index (χ0v) is 21.0. The third-order valence-corrected chi connectivity index (χ3v) is 7.39. The van der Waals surface area contributed by atoms with Gasteiger partial charge in [0.1, 0.15) is 6.10 Å². The molecule has 3 saturated heterocycles. The number of ether oxygens (including phenoxy) is 1. The minimum Gasteiger partial charge on any atom is -0.369 e. The topological polar surface area (TPSA) is 68.4 Å². The lowest BCUT2D eigenvalue weighted by Crippen LogP contribution is -2.52. The molecule has 2 amide bonds. The van der Waals surface area contributed by atoms with Crippen LogP contribution >= 0.6 is 0 Å². The highest BCUT2D eigenvalue weighted by Gasteiger charge is 2.30. The fourth-order valence-electron chi connectivity index (χ4n) is 5.27. The molecule has 3 aliphatic heterocycles. The van der Waals surface area contributed by atoms with Crippen LogP contribution in [0, 0.1) is 0 Å². The van der Waals surface area contributed by atoms with Gasteiger partial charge in [-0.2, -0.15) is 0 Å². The molecule has 2 aromatic rings. The number of anilines is 2. The van der Waals surface area contributed by atoms with Crippen molar-refractivity contribution in [2.45, 2.75) is 25.5 Å². The Morgan fingerprint density at radius 3 is 2.19 bits per heavy atom. The number of rotatable bonds is 7. The van der Waals surface area contributed by atoms with Crippen LogP contribution in [0.15, 0.2) is 54.6 Å². The Labute approximate surface area is 213 Å². The number of benzene rings is 2. The monoisotopic (exact) mass is 491 g/mol. The average molecular weight is 492 g/mol. The van der Waals surface area contributed by atoms with E-state index >= 15 is 0 Å². The SMILES string of the molecule is O=C(CN1CCN(C(=O)C2CCCO2)CC1)Nc1ccc(N2CCN(Cc3ccccc3)CC2)cc1. The molecule has 3 fully saturated rings. The first kappa shape index (κ1) is 24.7. The zero-order chi connectivity index (χ0) is 24.7. The summed E-state index contributed by atoms with van der Waals surface area (Å²) in [7, 11) is 0. The Kier molecular flexibility index (Phi) is 8.15. The van der Waals surface area contributed by atoms with E-state index < -0.39 is 0 Å². The molecule has 5 rings (SSSR count). The van der Waals surface area contributed by atoms with Gasteiger partial charge in [0, 0.05) is 76.9 Å². The molecular formula is C28H37N5O3. The van der Waals surface area contributed by atoms with Crippen molar-refractivity contribution in [2.75, 3.05) is 75.7 Å². The maximum atomic E-state index is 12.6. The lowest BCUT2D eigenvalue weighted by atomic mass is 10.2. The number of carbonyl (C=O) groups excluding carboxylic acids is 2. The van der Waals surface area contributed by atoms with Gasteiger partial charge in [0.2, 0.25) is 5.91 Å². The summed E-state index contributed by atoms with van der Waals surface area (Å²) in [5.74, 6) is 0.0884. The highest BCUT2D eigenvalue weighted by molar-refractivity contribution is 5.92. The van der Waals surface area contributed by atoms with E-state index in [1.807, 2.05) is 17.0 Å². The second-order valence-electron chi connectivity index (χ2n) is 9.95. The minimum absolute atomic E-state index is 0.0174. The molecule has 0 aliphatic carbocycles. The van der Waals surface area contributed by atoms with Gasteiger partial charge in [-0.3, -0.25) is 19.4 Å². The van der Waals surface area contributed by atoms with Crippen molar-refractivity contribution >= 4 is 23.2 Å². The van der Waals surface area contributed by atoms with Crippen molar-refractivity contribution in [3.63, 3.8) is 0 Å². The molecule has 3 heterocycles. The summed E-state index contributed by atoms with van der Waals surface area (Å²) in [5, 5.41) is 3.02. The minimum atomic E-state index is -0.263. The van der Waals surface area contributed by atoms with Gasteiger partial charge >= 0.3 is 0 Å². The predicted octanol–water partition coefficient (Wildman–Crippen LogP) is 2.27. The quantitative estimate of drug-likeness (QED) is 0.641. The summed E-state index contributed by atoms with van der Waals surface area (Å²) >= 11 is 0. The molecule has 8 nitrogen and oxygen atoms in total. The molecule has 0 saturated carbocycles. The summed E-state index contributed by atoms with van der Waals surface area (Å²) in [6.07, 6.45) is 1.52. The van der Waals surface area contributed by atoms with Crippen molar-refractivity contribution < 1.29 is 14.3 Å². The van der Waals surface area contributed by atoms with E-state index in [1.54, 1.807) is 0 Å². The molecule has 1 unspecified atom stereocenters. The van der Waals surface area contributed by atoms with Crippen molar-refractivity contribution in [3.05, 3.63) is 60.2 Å². The molecule has 192 valence electrons.